The van der Waals surface area contributed by atoms with E-state index in [-0.39, 0.29) is 25.0 Å². The fourth-order valence-corrected chi connectivity index (χ4v) is 4.69. The van der Waals surface area contributed by atoms with Crippen LogP contribution in [0.25, 0.3) is 0 Å². The third-order valence-corrected chi connectivity index (χ3v) is 7.38. The van der Waals surface area contributed by atoms with Gasteiger partial charge in [0.2, 0.25) is 15.9 Å². The Morgan fingerprint density at radius 2 is 1.69 bits per heavy atom. The van der Waals surface area contributed by atoms with Crippen molar-refractivity contribution in [3.05, 3.63) is 65.2 Å². The van der Waals surface area contributed by atoms with Gasteiger partial charge in [0, 0.05) is 25.3 Å². The highest BCUT2D eigenvalue weighted by Gasteiger charge is 2.22. The number of carbonyl (C=O) groups is 1. The van der Waals surface area contributed by atoms with Gasteiger partial charge >= 0.3 is 0 Å². The average molecular weight is 458 g/mol. The molecule has 1 saturated heterocycles. The van der Waals surface area contributed by atoms with E-state index in [9.17, 15) is 13.2 Å². The van der Waals surface area contributed by atoms with Crippen LogP contribution in [-0.4, -0.2) is 44.5 Å². The van der Waals surface area contributed by atoms with Gasteiger partial charge in [-0.15, -0.1) is 0 Å². The van der Waals surface area contributed by atoms with E-state index in [1.807, 2.05) is 50.2 Å². The quantitative estimate of drug-likeness (QED) is 0.653. The number of amides is 1. The molecule has 0 aliphatic carbocycles. The molecular formula is C25H35N3O3S. The van der Waals surface area contributed by atoms with Crippen LogP contribution in [0.5, 0.6) is 0 Å². The van der Waals surface area contributed by atoms with E-state index in [1.165, 1.54) is 22.8 Å². The predicted octanol–water partition coefficient (Wildman–Crippen LogP) is 3.87. The van der Waals surface area contributed by atoms with Gasteiger partial charge in [0.15, 0.2) is 0 Å². The lowest BCUT2D eigenvalue weighted by molar-refractivity contribution is -0.122. The number of benzene rings is 2. The molecule has 0 bridgehead atoms. The van der Waals surface area contributed by atoms with Crippen molar-refractivity contribution in [3.8, 4) is 0 Å². The van der Waals surface area contributed by atoms with E-state index in [2.05, 4.69) is 29.3 Å². The van der Waals surface area contributed by atoms with Gasteiger partial charge in [-0.1, -0.05) is 48.9 Å². The minimum absolute atomic E-state index is 0.171. The molecule has 174 valence electrons. The molecule has 1 fully saturated rings. The predicted molar refractivity (Wildman–Crippen MR) is 130 cm³/mol. The summed E-state index contributed by atoms with van der Waals surface area (Å²) in [5.74, 6) is 0.474. The minimum Gasteiger partial charge on any atom is -0.372 e. The van der Waals surface area contributed by atoms with E-state index in [1.54, 1.807) is 0 Å². The van der Waals surface area contributed by atoms with Gasteiger partial charge in [-0.3, -0.25) is 4.79 Å². The molecule has 7 heteroatoms. The van der Waals surface area contributed by atoms with E-state index >= 15 is 0 Å². The lowest BCUT2D eigenvalue weighted by Crippen LogP contribution is -2.40. The first-order valence-electron chi connectivity index (χ1n) is 11.3. The van der Waals surface area contributed by atoms with Crippen LogP contribution in [0.3, 0.4) is 0 Å². The summed E-state index contributed by atoms with van der Waals surface area (Å²) in [7, 11) is -3.52. The van der Waals surface area contributed by atoms with Crippen LogP contribution in [0.15, 0.2) is 48.5 Å². The van der Waals surface area contributed by atoms with Crippen LogP contribution in [-0.2, 0) is 21.4 Å². The number of hydrogen-bond donors (Lipinski definition) is 1. The fraction of sp³-hybridized carbons (Fsp3) is 0.480. The highest BCUT2D eigenvalue weighted by Crippen LogP contribution is 2.24. The SMILES string of the molecule is Cc1ccc(CN(CC(=O)N[C@H](C)c2ccc(N3CCC(C)CC3)cc2)S(C)(=O)=O)cc1. The molecule has 0 aromatic heterocycles. The molecule has 3 rings (SSSR count). The molecule has 0 spiro atoms. The molecule has 1 aliphatic heterocycles. The van der Waals surface area contributed by atoms with Crippen LogP contribution in [0.1, 0.15) is 49.4 Å². The van der Waals surface area contributed by atoms with Crippen molar-refractivity contribution in [1.82, 2.24) is 9.62 Å². The molecule has 0 saturated carbocycles. The van der Waals surface area contributed by atoms with Crippen LogP contribution in [0.4, 0.5) is 5.69 Å². The van der Waals surface area contributed by atoms with Gasteiger partial charge in [0.25, 0.3) is 0 Å². The first-order valence-corrected chi connectivity index (χ1v) is 13.1. The summed E-state index contributed by atoms with van der Waals surface area (Å²) in [6.07, 6.45) is 3.57. The second-order valence-corrected chi connectivity index (χ2v) is 11.0. The molecular weight excluding hydrogens is 422 g/mol. The third-order valence-electron chi connectivity index (χ3n) is 6.19. The summed E-state index contributed by atoms with van der Waals surface area (Å²) in [4.78, 5) is 15.1. The van der Waals surface area contributed by atoms with E-state index in [4.69, 9.17) is 0 Å². The molecule has 1 N–H and O–H groups in total. The van der Waals surface area contributed by atoms with Crippen molar-refractivity contribution in [2.75, 3.05) is 30.8 Å². The zero-order chi connectivity index (χ0) is 23.3. The Morgan fingerprint density at radius 3 is 2.25 bits per heavy atom. The van der Waals surface area contributed by atoms with Gasteiger partial charge in [-0.2, -0.15) is 4.31 Å². The number of aryl methyl sites for hydroxylation is 1. The van der Waals surface area contributed by atoms with Gasteiger partial charge in [0.1, 0.15) is 0 Å². The van der Waals surface area contributed by atoms with E-state index in [0.717, 1.165) is 42.0 Å². The van der Waals surface area contributed by atoms with Gasteiger partial charge in [0.05, 0.1) is 18.8 Å². The Labute approximate surface area is 192 Å². The Bertz CT molecular complexity index is 996. The van der Waals surface area contributed by atoms with Gasteiger partial charge in [-0.05, 0) is 55.9 Å². The molecule has 0 radical (unpaired) electrons. The Balaban J connectivity index is 1.59. The third kappa shape index (κ3) is 6.81. The molecule has 32 heavy (non-hydrogen) atoms. The monoisotopic (exact) mass is 457 g/mol. The molecule has 2 aromatic carbocycles. The molecule has 2 aromatic rings. The topological polar surface area (TPSA) is 69.7 Å². The number of rotatable bonds is 8. The molecule has 1 atom stereocenters. The van der Waals surface area contributed by atoms with Crippen molar-refractivity contribution in [2.24, 2.45) is 5.92 Å². The smallest absolute Gasteiger partial charge is 0.235 e. The summed E-state index contributed by atoms with van der Waals surface area (Å²) in [6, 6.07) is 15.7. The highest BCUT2D eigenvalue weighted by molar-refractivity contribution is 7.88. The van der Waals surface area contributed by atoms with E-state index < -0.39 is 10.0 Å². The fourth-order valence-electron chi connectivity index (χ4n) is 3.96. The molecule has 0 unspecified atom stereocenters. The molecule has 1 aliphatic rings. The first kappa shape index (κ1) is 24.3. The lowest BCUT2D eigenvalue weighted by Gasteiger charge is -2.32. The van der Waals surface area contributed by atoms with Crippen molar-refractivity contribution >= 4 is 21.6 Å². The zero-order valence-electron chi connectivity index (χ0n) is 19.5. The number of carbonyl (C=O) groups excluding carboxylic acids is 1. The Morgan fingerprint density at radius 1 is 1.09 bits per heavy atom. The summed E-state index contributed by atoms with van der Waals surface area (Å²) < 4.78 is 25.7. The highest BCUT2D eigenvalue weighted by atomic mass is 32.2. The maximum Gasteiger partial charge on any atom is 0.235 e. The van der Waals surface area contributed by atoms with Crippen LogP contribution < -0.4 is 10.2 Å². The summed E-state index contributed by atoms with van der Waals surface area (Å²) >= 11 is 0. The maximum atomic E-state index is 12.6. The van der Waals surface area contributed by atoms with Crippen molar-refractivity contribution < 1.29 is 13.2 Å². The number of nitrogens with zero attached hydrogens (tertiary/aromatic N) is 2. The first-order chi connectivity index (χ1) is 15.1. The van der Waals surface area contributed by atoms with Crippen molar-refractivity contribution in [3.63, 3.8) is 0 Å². The number of hydrogen-bond acceptors (Lipinski definition) is 4. The van der Waals surface area contributed by atoms with E-state index in [0.29, 0.717) is 0 Å². The number of nitrogens with one attached hydrogen (secondary N) is 1. The summed E-state index contributed by atoms with van der Waals surface area (Å²) in [5.41, 5.74) is 4.16. The maximum absolute atomic E-state index is 12.6. The lowest BCUT2D eigenvalue weighted by atomic mass is 9.98. The number of piperidine rings is 1. The van der Waals surface area contributed by atoms with Crippen LogP contribution in [0, 0.1) is 12.8 Å². The largest absolute Gasteiger partial charge is 0.372 e. The Hall–Kier alpha value is -2.38. The second-order valence-electron chi connectivity index (χ2n) is 9.07. The number of anilines is 1. The standard InChI is InChI=1S/C25H35N3O3S/c1-19-5-7-22(8-6-19)17-28(32(4,30)31)18-25(29)26-21(3)23-9-11-24(12-10-23)27-15-13-20(2)14-16-27/h5-12,20-21H,13-18H2,1-4H3,(H,26,29)/t21-/m1/s1. The minimum atomic E-state index is -3.52. The van der Waals surface area contributed by atoms with Crippen LogP contribution in [0.2, 0.25) is 0 Å². The van der Waals surface area contributed by atoms with Gasteiger partial charge < -0.3 is 10.2 Å². The summed E-state index contributed by atoms with van der Waals surface area (Å²) in [5, 5.41) is 2.94. The molecule has 6 nitrogen and oxygen atoms in total. The van der Waals surface area contributed by atoms with Crippen LogP contribution >= 0.6 is 0 Å². The molecule has 1 amide bonds. The normalized spacial score (nSPS) is 16.2. The summed E-state index contributed by atoms with van der Waals surface area (Å²) in [6.45, 7) is 8.32. The van der Waals surface area contributed by atoms with Gasteiger partial charge in [-0.25, -0.2) is 8.42 Å². The molecule has 1 heterocycles. The number of sulfonamides is 1. The Kier molecular flexibility index (Phi) is 7.96. The second kappa shape index (κ2) is 10.5. The average Bonchev–Trinajstić information content (AvgIpc) is 2.75. The van der Waals surface area contributed by atoms with Crippen molar-refractivity contribution in [1.29, 1.82) is 0 Å². The van der Waals surface area contributed by atoms with Crippen molar-refractivity contribution in [2.45, 2.75) is 46.2 Å². The zero-order valence-corrected chi connectivity index (χ0v) is 20.4.